The van der Waals surface area contributed by atoms with E-state index in [1.165, 1.54) is 6.42 Å². The van der Waals surface area contributed by atoms with Crippen molar-refractivity contribution in [2.45, 2.75) is 88.9 Å². The van der Waals surface area contributed by atoms with Crippen molar-refractivity contribution in [3.8, 4) is 0 Å². The lowest BCUT2D eigenvalue weighted by atomic mass is 9.89. The Hall–Kier alpha value is -0.160. The van der Waals surface area contributed by atoms with Crippen LogP contribution < -0.4 is 22.9 Å². The zero-order valence-electron chi connectivity index (χ0n) is 12.6. The molecule has 1 aliphatic carbocycles. The van der Waals surface area contributed by atoms with Gasteiger partial charge in [-0.3, -0.25) is 0 Å². The first-order chi connectivity index (χ1) is 8.97. The maximum Gasteiger partial charge on any atom is 0.00541 e. The Morgan fingerprint density at radius 3 is 1.74 bits per heavy atom. The van der Waals surface area contributed by atoms with Crippen LogP contribution in [0.4, 0.5) is 0 Å². The Labute approximate surface area is 118 Å². The minimum absolute atomic E-state index is 0.210. The van der Waals surface area contributed by atoms with Gasteiger partial charge in [0.05, 0.1) is 0 Å². The molecule has 114 valence electrons. The summed E-state index contributed by atoms with van der Waals surface area (Å²) < 4.78 is 0. The maximum absolute atomic E-state index is 6.19. The molecular weight excluding hydrogens is 236 g/mol. The molecule has 1 fully saturated rings. The topological polar surface area (TPSA) is 104 Å². The predicted molar refractivity (Wildman–Crippen MR) is 82.6 cm³/mol. The Kier molecular flexibility index (Phi) is 7.91. The number of hydrogen-bond donors (Lipinski definition) is 4. The summed E-state index contributed by atoms with van der Waals surface area (Å²) in [5.74, 6) is 0.661. The fourth-order valence-electron chi connectivity index (χ4n) is 3.09. The Balaban J connectivity index is 2.46. The molecule has 5 unspecified atom stereocenters. The summed E-state index contributed by atoms with van der Waals surface area (Å²) in [5, 5.41) is 0. The largest absolute Gasteiger partial charge is 0.328 e. The monoisotopic (exact) mass is 270 g/mol. The van der Waals surface area contributed by atoms with Crippen LogP contribution in [0.3, 0.4) is 0 Å². The average Bonchev–Trinajstić information content (AvgIpc) is 2.33. The first-order valence-corrected chi connectivity index (χ1v) is 7.99. The highest BCUT2D eigenvalue weighted by Gasteiger charge is 2.16. The molecule has 0 radical (unpaired) electrons. The lowest BCUT2D eigenvalue weighted by Crippen LogP contribution is -2.34. The molecule has 0 heterocycles. The van der Waals surface area contributed by atoms with Gasteiger partial charge < -0.3 is 22.9 Å². The second-order valence-corrected chi connectivity index (χ2v) is 6.70. The van der Waals surface area contributed by atoms with Crippen molar-refractivity contribution in [3.63, 3.8) is 0 Å². The van der Waals surface area contributed by atoms with Crippen LogP contribution >= 0.6 is 0 Å². The molecule has 1 aliphatic rings. The molecule has 0 bridgehead atoms. The Morgan fingerprint density at radius 2 is 1.05 bits per heavy atom. The van der Waals surface area contributed by atoms with Crippen LogP contribution in [-0.4, -0.2) is 24.2 Å². The van der Waals surface area contributed by atoms with Crippen molar-refractivity contribution in [2.75, 3.05) is 0 Å². The van der Waals surface area contributed by atoms with E-state index in [9.17, 15) is 0 Å². The van der Waals surface area contributed by atoms with Crippen LogP contribution in [-0.2, 0) is 0 Å². The summed E-state index contributed by atoms with van der Waals surface area (Å²) in [5.41, 5.74) is 24.6. The molecule has 0 aromatic heterocycles. The highest BCUT2D eigenvalue weighted by Crippen LogP contribution is 2.19. The fourth-order valence-corrected chi connectivity index (χ4v) is 3.09. The standard InChI is InChI=1S/C15H34N4/c1-11-5-6-14(18)10-15(19)8-7-12(16)3-2-4-13(17)9-11/h11-15H,2-10,16-19H2,1H3. The summed E-state index contributed by atoms with van der Waals surface area (Å²) in [4.78, 5) is 0. The quantitative estimate of drug-likeness (QED) is 0.535. The summed E-state index contributed by atoms with van der Waals surface area (Å²) in [6, 6.07) is 1.04. The predicted octanol–water partition coefficient (Wildman–Crippen LogP) is 1.46. The van der Waals surface area contributed by atoms with Crippen LogP contribution in [0.1, 0.15) is 64.7 Å². The van der Waals surface area contributed by atoms with Crippen molar-refractivity contribution >= 4 is 0 Å². The van der Waals surface area contributed by atoms with E-state index in [2.05, 4.69) is 6.92 Å². The second-order valence-electron chi connectivity index (χ2n) is 6.70. The zero-order valence-corrected chi connectivity index (χ0v) is 12.6. The number of nitrogens with two attached hydrogens (primary N) is 4. The van der Waals surface area contributed by atoms with Gasteiger partial charge in [-0.2, -0.15) is 0 Å². The molecule has 1 rings (SSSR count). The first-order valence-electron chi connectivity index (χ1n) is 7.99. The van der Waals surface area contributed by atoms with Gasteiger partial charge in [-0.25, -0.2) is 0 Å². The molecule has 0 aromatic carbocycles. The molecule has 19 heavy (non-hydrogen) atoms. The van der Waals surface area contributed by atoms with Gasteiger partial charge in [0.2, 0.25) is 0 Å². The minimum Gasteiger partial charge on any atom is -0.328 e. The molecule has 8 N–H and O–H groups in total. The van der Waals surface area contributed by atoms with Crippen molar-refractivity contribution < 1.29 is 0 Å². The molecule has 0 saturated heterocycles. The highest BCUT2D eigenvalue weighted by atomic mass is 14.7. The van der Waals surface area contributed by atoms with Crippen molar-refractivity contribution in [3.05, 3.63) is 0 Å². The lowest BCUT2D eigenvalue weighted by Gasteiger charge is -2.23. The highest BCUT2D eigenvalue weighted by molar-refractivity contribution is 4.76. The lowest BCUT2D eigenvalue weighted by molar-refractivity contribution is 0.359. The molecule has 0 aliphatic heterocycles. The Morgan fingerprint density at radius 1 is 0.579 bits per heavy atom. The zero-order chi connectivity index (χ0) is 14.3. The summed E-state index contributed by atoms with van der Waals surface area (Å²) >= 11 is 0. The van der Waals surface area contributed by atoms with E-state index in [4.69, 9.17) is 22.9 Å². The van der Waals surface area contributed by atoms with Gasteiger partial charge in [0.15, 0.2) is 0 Å². The van der Waals surface area contributed by atoms with E-state index in [1.807, 2.05) is 0 Å². The third-order valence-corrected chi connectivity index (χ3v) is 4.40. The number of hydrogen-bond acceptors (Lipinski definition) is 4. The molecule has 0 spiro atoms. The van der Waals surface area contributed by atoms with Crippen molar-refractivity contribution in [1.29, 1.82) is 0 Å². The van der Waals surface area contributed by atoms with Crippen molar-refractivity contribution in [2.24, 2.45) is 28.9 Å². The van der Waals surface area contributed by atoms with Gasteiger partial charge in [-0.15, -0.1) is 0 Å². The molecular formula is C15H34N4. The van der Waals surface area contributed by atoms with Gasteiger partial charge in [-0.05, 0) is 57.3 Å². The van der Waals surface area contributed by atoms with Gasteiger partial charge in [0, 0.05) is 24.2 Å². The molecule has 1 saturated carbocycles. The van der Waals surface area contributed by atoms with E-state index < -0.39 is 0 Å². The van der Waals surface area contributed by atoms with E-state index in [1.54, 1.807) is 0 Å². The van der Waals surface area contributed by atoms with Crippen LogP contribution in [0.15, 0.2) is 0 Å². The third-order valence-electron chi connectivity index (χ3n) is 4.40. The third kappa shape index (κ3) is 7.88. The van der Waals surface area contributed by atoms with Gasteiger partial charge in [0.25, 0.3) is 0 Å². The first kappa shape index (κ1) is 16.9. The van der Waals surface area contributed by atoms with Crippen LogP contribution in [0, 0.1) is 5.92 Å². The normalized spacial score (nSPS) is 40.6. The Bertz CT molecular complexity index is 234. The fraction of sp³-hybridized carbons (Fsp3) is 1.00. The van der Waals surface area contributed by atoms with E-state index in [0.717, 1.165) is 51.4 Å². The van der Waals surface area contributed by atoms with Gasteiger partial charge in [0.1, 0.15) is 0 Å². The van der Waals surface area contributed by atoms with Crippen LogP contribution in [0.25, 0.3) is 0 Å². The number of rotatable bonds is 0. The average molecular weight is 270 g/mol. The molecule has 4 heteroatoms. The second kappa shape index (κ2) is 8.90. The summed E-state index contributed by atoms with van der Waals surface area (Å²) in [7, 11) is 0. The van der Waals surface area contributed by atoms with Crippen molar-refractivity contribution in [1.82, 2.24) is 0 Å². The maximum atomic E-state index is 6.19. The molecule has 0 aromatic rings. The smallest absolute Gasteiger partial charge is 0.00541 e. The minimum atomic E-state index is 0.210. The molecule has 0 amide bonds. The molecule has 5 atom stereocenters. The SMILES string of the molecule is CC1CCC(N)CC(N)CCC(N)CCCC(N)C1. The van der Waals surface area contributed by atoms with E-state index >= 15 is 0 Å². The van der Waals surface area contributed by atoms with E-state index in [0.29, 0.717) is 12.0 Å². The van der Waals surface area contributed by atoms with Gasteiger partial charge in [-0.1, -0.05) is 13.3 Å². The van der Waals surface area contributed by atoms with E-state index in [-0.39, 0.29) is 18.1 Å². The van der Waals surface area contributed by atoms with Gasteiger partial charge >= 0.3 is 0 Å². The molecule has 4 nitrogen and oxygen atoms in total. The summed E-state index contributed by atoms with van der Waals surface area (Å²) in [6.45, 7) is 2.28. The summed E-state index contributed by atoms with van der Waals surface area (Å²) in [6.07, 6.45) is 9.57. The van der Waals surface area contributed by atoms with Crippen LogP contribution in [0.5, 0.6) is 0 Å². The van der Waals surface area contributed by atoms with Crippen LogP contribution in [0.2, 0.25) is 0 Å².